The highest BCUT2D eigenvalue weighted by atomic mass is 35.5. The molecule has 1 amide bonds. The van der Waals surface area contributed by atoms with E-state index < -0.39 is 62.5 Å². The fraction of sp³-hybridized carbons (Fsp3) is 0.345. The van der Waals surface area contributed by atoms with Crippen LogP contribution in [-0.2, 0) is 58.6 Å². The number of rotatable bonds is 6. The number of carbonyl (C=O) groups is 1. The van der Waals surface area contributed by atoms with E-state index in [1.54, 1.807) is 38.1 Å². The van der Waals surface area contributed by atoms with Gasteiger partial charge >= 0.3 is 18.4 Å². The largest absolute Gasteiger partial charge is 0.465 e. The number of nitrogens with one attached hydrogen (secondary N) is 3. The van der Waals surface area contributed by atoms with Crippen LogP contribution in [0, 0.1) is 13.8 Å². The van der Waals surface area contributed by atoms with E-state index in [9.17, 15) is 48.0 Å². The van der Waals surface area contributed by atoms with Crippen LogP contribution in [0.1, 0.15) is 34.2 Å². The molecule has 0 unspecified atom stereocenters. The van der Waals surface area contributed by atoms with Crippen molar-refractivity contribution < 1.29 is 53.1 Å². The number of anilines is 2. The molecule has 2 aromatic carbocycles. The Morgan fingerprint density at radius 1 is 0.731 bits per heavy atom. The molecular weight excluding hydrogens is 770 g/mol. The molecule has 284 valence electrons. The number of aryl methyl sites for hydroxylation is 2. The van der Waals surface area contributed by atoms with Gasteiger partial charge in [-0.25, -0.2) is 31.6 Å². The Morgan fingerprint density at radius 3 is 1.58 bits per heavy atom. The maximum Gasteiger partial charge on any atom is 0.449 e. The van der Waals surface area contributed by atoms with Crippen molar-refractivity contribution in [2.75, 3.05) is 22.5 Å². The van der Waals surface area contributed by atoms with Gasteiger partial charge in [-0.2, -0.15) is 26.3 Å². The molecule has 0 saturated carbocycles. The zero-order valence-corrected chi connectivity index (χ0v) is 29.5. The number of nitrogens with zero attached hydrogens (tertiary/aromatic N) is 5. The molecule has 0 aliphatic carbocycles. The molecule has 6 rings (SSSR count). The highest BCUT2D eigenvalue weighted by molar-refractivity contribution is 7.93. The first-order chi connectivity index (χ1) is 23.7. The second-order valence-corrected chi connectivity index (χ2v) is 14.8. The monoisotopic (exact) mass is 800 g/mol. The van der Waals surface area contributed by atoms with Crippen LogP contribution in [0.5, 0.6) is 0 Å². The number of fused-ring (bicyclic) bond motifs is 2. The lowest BCUT2D eigenvalue weighted by molar-refractivity contribution is -0.148. The van der Waals surface area contributed by atoms with Gasteiger partial charge in [-0.15, -0.1) is 12.4 Å². The van der Waals surface area contributed by atoms with E-state index >= 15 is 0 Å². The van der Waals surface area contributed by atoms with Crippen molar-refractivity contribution in [3.05, 3.63) is 82.7 Å². The van der Waals surface area contributed by atoms with E-state index in [1.165, 1.54) is 24.3 Å². The van der Waals surface area contributed by atoms with Gasteiger partial charge < -0.3 is 24.5 Å². The van der Waals surface area contributed by atoms with Crippen molar-refractivity contribution in [2.24, 2.45) is 0 Å². The summed E-state index contributed by atoms with van der Waals surface area (Å²) in [6.07, 6.45) is -10.8. The fourth-order valence-corrected chi connectivity index (χ4v) is 7.30. The summed E-state index contributed by atoms with van der Waals surface area (Å²) in [6, 6.07) is 11.7. The third-order valence-electron chi connectivity index (χ3n) is 7.79. The van der Waals surface area contributed by atoms with E-state index in [0.717, 1.165) is 25.2 Å². The molecule has 0 fully saturated rings. The van der Waals surface area contributed by atoms with Gasteiger partial charge in [-0.3, -0.25) is 9.44 Å². The zero-order chi connectivity index (χ0) is 37.5. The van der Waals surface area contributed by atoms with E-state index in [4.69, 9.17) is 5.11 Å². The van der Waals surface area contributed by atoms with E-state index in [2.05, 4.69) is 24.7 Å². The molecule has 2 aliphatic heterocycles. The van der Waals surface area contributed by atoms with Crippen LogP contribution in [0.25, 0.3) is 0 Å². The first kappa shape index (κ1) is 40.2. The lowest BCUT2D eigenvalue weighted by atomic mass is 10.2. The SMILES string of the molecule is Cc1ccc(S(=O)(=O)Nc2nc(C(F)(F)F)n3c2CN(C(=O)O)CC3)cc1.Cc1ccc(S(=O)(=O)Nc2nc(C(F)(F)F)n3c2CNCC3)cc1.Cl. The average Bonchev–Trinajstić information content (AvgIpc) is 3.60. The second kappa shape index (κ2) is 14.8. The molecule has 0 spiro atoms. The minimum Gasteiger partial charge on any atom is -0.465 e. The van der Waals surface area contributed by atoms with Crippen molar-refractivity contribution in [1.29, 1.82) is 0 Å². The summed E-state index contributed by atoms with van der Waals surface area (Å²) in [5.41, 5.74) is 1.69. The summed E-state index contributed by atoms with van der Waals surface area (Å²) in [4.78, 5) is 18.8. The van der Waals surface area contributed by atoms with Crippen LogP contribution >= 0.6 is 12.4 Å². The number of hydrogen-bond acceptors (Lipinski definition) is 8. The summed E-state index contributed by atoms with van der Waals surface area (Å²) in [6.45, 7) is 3.24. The lowest BCUT2D eigenvalue weighted by Gasteiger charge is -2.27. The smallest absolute Gasteiger partial charge is 0.449 e. The Bertz CT molecular complexity index is 2160. The number of hydrogen-bond donors (Lipinski definition) is 4. The number of imidazole rings is 2. The molecule has 14 nitrogen and oxygen atoms in total. The van der Waals surface area contributed by atoms with Gasteiger partial charge in [0, 0.05) is 32.7 Å². The molecule has 0 atom stereocenters. The van der Waals surface area contributed by atoms with Crippen LogP contribution in [-0.4, -0.2) is 65.1 Å². The lowest BCUT2D eigenvalue weighted by Crippen LogP contribution is -2.38. The third kappa shape index (κ3) is 8.73. The van der Waals surface area contributed by atoms with Gasteiger partial charge in [0.25, 0.3) is 20.0 Å². The van der Waals surface area contributed by atoms with Gasteiger partial charge in [0.1, 0.15) is 0 Å². The van der Waals surface area contributed by atoms with Crippen molar-refractivity contribution in [2.45, 2.75) is 62.2 Å². The summed E-state index contributed by atoms with van der Waals surface area (Å²) < 4.78 is 135. The zero-order valence-electron chi connectivity index (χ0n) is 27.1. The van der Waals surface area contributed by atoms with Crippen molar-refractivity contribution in [3.8, 4) is 0 Å². The van der Waals surface area contributed by atoms with Gasteiger partial charge in [0.2, 0.25) is 11.6 Å². The minimum absolute atomic E-state index is 0. The van der Waals surface area contributed by atoms with Crippen LogP contribution in [0.2, 0.25) is 0 Å². The van der Waals surface area contributed by atoms with Gasteiger partial charge in [-0.1, -0.05) is 35.4 Å². The van der Waals surface area contributed by atoms with E-state index in [0.29, 0.717) is 6.54 Å². The highest BCUT2D eigenvalue weighted by Gasteiger charge is 2.42. The van der Waals surface area contributed by atoms with Crippen molar-refractivity contribution in [3.63, 3.8) is 0 Å². The molecule has 4 N–H and O–H groups in total. The average molecular weight is 801 g/mol. The summed E-state index contributed by atoms with van der Waals surface area (Å²) in [7, 11) is -8.21. The number of amides is 1. The van der Waals surface area contributed by atoms with E-state index in [1.807, 2.05) is 0 Å². The quantitative estimate of drug-likeness (QED) is 0.194. The molecule has 23 heteroatoms. The summed E-state index contributed by atoms with van der Waals surface area (Å²) >= 11 is 0. The predicted molar refractivity (Wildman–Crippen MR) is 176 cm³/mol. The molecule has 4 heterocycles. The molecule has 0 saturated heterocycles. The van der Waals surface area contributed by atoms with Crippen molar-refractivity contribution in [1.82, 2.24) is 29.3 Å². The number of alkyl halides is 6. The Balaban J connectivity index is 0.000000230. The van der Waals surface area contributed by atoms with Gasteiger partial charge in [-0.05, 0) is 38.1 Å². The normalized spacial score (nSPS) is 14.7. The molecule has 2 aromatic heterocycles. The Hall–Kier alpha value is -4.54. The molecular formula is C29H31ClF6N8O6S2. The molecule has 0 bridgehead atoms. The maximum atomic E-state index is 13.3. The molecule has 4 aromatic rings. The molecule has 2 aliphatic rings. The van der Waals surface area contributed by atoms with Gasteiger partial charge in [0.05, 0.1) is 27.7 Å². The Kier molecular flexibility index (Phi) is 11.5. The predicted octanol–water partition coefficient (Wildman–Crippen LogP) is 5.04. The van der Waals surface area contributed by atoms with Gasteiger partial charge in [0.15, 0.2) is 11.6 Å². The Labute approximate surface area is 299 Å². The second-order valence-electron chi connectivity index (χ2n) is 11.5. The maximum absolute atomic E-state index is 13.3. The fourth-order valence-electron chi connectivity index (χ4n) is 5.24. The van der Waals surface area contributed by atoms with Crippen LogP contribution in [0.4, 0.5) is 42.8 Å². The third-order valence-corrected chi connectivity index (χ3v) is 10.5. The number of halogens is 7. The minimum atomic E-state index is -4.81. The highest BCUT2D eigenvalue weighted by Crippen LogP contribution is 2.36. The first-order valence-electron chi connectivity index (χ1n) is 14.9. The standard InChI is InChI=1S/C15H15F3N4O4S.C14H15F3N4O2S.ClH/c1-9-2-4-10(5-3-9)27(25,26)20-12-11-8-21(14(23)24)6-7-22(11)13(19-12)15(16,17)18;1-9-2-4-10(5-3-9)24(22,23)20-12-11-8-18-6-7-21(11)13(19-12)14(15,16)17;/h2-5,20H,6-8H2,1H3,(H,23,24);2-5,18,20H,6-8H2,1H3;1H. The van der Waals surface area contributed by atoms with Crippen molar-refractivity contribution >= 4 is 50.2 Å². The molecule has 52 heavy (non-hydrogen) atoms. The number of aromatic nitrogens is 4. The van der Waals surface area contributed by atoms with Crippen LogP contribution in [0.15, 0.2) is 58.3 Å². The molecule has 0 radical (unpaired) electrons. The summed E-state index contributed by atoms with van der Waals surface area (Å²) in [5, 5.41) is 12.0. The van der Waals surface area contributed by atoms with Crippen LogP contribution in [0.3, 0.4) is 0 Å². The first-order valence-corrected chi connectivity index (χ1v) is 17.8. The van der Waals surface area contributed by atoms with Crippen LogP contribution < -0.4 is 14.8 Å². The number of carboxylic acid groups (broad SMARTS) is 1. The topological polar surface area (TPSA) is 181 Å². The number of benzene rings is 2. The van der Waals surface area contributed by atoms with E-state index in [-0.39, 0.29) is 65.6 Å². The Morgan fingerprint density at radius 2 is 1.15 bits per heavy atom. The summed E-state index contributed by atoms with van der Waals surface area (Å²) in [5.74, 6) is -3.20. The number of sulfonamides is 2.